The molecule has 98 valence electrons. The molecule has 2 rings (SSSR count). The Kier molecular flexibility index (Phi) is 4.40. The molecule has 19 heavy (non-hydrogen) atoms. The first-order valence-electron chi connectivity index (χ1n) is 5.84. The van der Waals surface area contributed by atoms with E-state index in [1.54, 1.807) is 0 Å². The SMILES string of the molecule is Cc1ccc(OCc2cccc(C(N)=S)c2)c(Cl)c1. The van der Waals surface area contributed by atoms with Crippen LogP contribution in [0.1, 0.15) is 16.7 Å². The first-order chi connectivity index (χ1) is 9.06. The second kappa shape index (κ2) is 6.04. The summed E-state index contributed by atoms with van der Waals surface area (Å²) in [5.74, 6) is 0.674. The lowest BCUT2D eigenvalue weighted by atomic mass is 10.1. The summed E-state index contributed by atoms with van der Waals surface area (Å²) in [7, 11) is 0. The van der Waals surface area contributed by atoms with Crippen LogP contribution in [0.4, 0.5) is 0 Å². The molecule has 0 bridgehead atoms. The molecule has 0 fully saturated rings. The van der Waals surface area contributed by atoms with Gasteiger partial charge in [0.05, 0.1) is 5.02 Å². The number of aryl methyl sites for hydroxylation is 1. The standard InChI is InChI=1S/C15H14ClNOS/c1-10-5-6-14(13(16)7-10)18-9-11-3-2-4-12(8-11)15(17)19/h2-8H,9H2,1H3,(H2,17,19). The zero-order chi connectivity index (χ0) is 13.8. The van der Waals surface area contributed by atoms with Crippen LogP contribution < -0.4 is 10.5 Å². The van der Waals surface area contributed by atoms with Crippen LogP contribution in [0.15, 0.2) is 42.5 Å². The predicted molar refractivity (Wildman–Crippen MR) is 82.9 cm³/mol. The Morgan fingerprint density at radius 2 is 2.05 bits per heavy atom. The van der Waals surface area contributed by atoms with Crippen molar-refractivity contribution in [2.75, 3.05) is 0 Å². The number of hydrogen-bond acceptors (Lipinski definition) is 2. The second-order valence-corrected chi connectivity index (χ2v) is 5.13. The van der Waals surface area contributed by atoms with Gasteiger partial charge in [-0.2, -0.15) is 0 Å². The van der Waals surface area contributed by atoms with Gasteiger partial charge in [0, 0.05) is 5.56 Å². The Bertz CT molecular complexity index is 613. The third kappa shape index (κ3) is 3.69. The monoisotopic (exact) mass is 291 g/mol. The highest BCUT2D eigenvalue weighted by molar-refractivity contribution is 7.80. The van der Waals surface area contributed by atoms with E-state index < -0.39 is 0 Å². The molecular weight excluding hydrogens is 278 g/mol. The van der Waals surface area contributed by atoms with Crippen LogP contribution in [-0.2, 0) is 6.61 Å². The van der Waals surface area contributed by atoms with Crippen LogP contribution in [0.5, 0.6) is 5.75 Å². The Labute approximate surface area is 123 Å². The van der Waals surface area contributed by atoms with E-state index >= 15 is 0 Å². The molecule has 0 aromatic heterocycles. The number of nitrogens with two attached hydrogens (primary N) is 1. The molecule has 0 amide bonds. The lowest BCUT2D eigenvalue weighted by Gasteiger charge is -2.09. The van der Waals surface area contributed by atoms with Crippen molar-refractivity contribution in [2.45, 2.75) is 13.5 Å². The Morgan fingerprint density at radius 3 is 2.74 bits per heavy atom. The maximum absolute atomic E-state index is 6.11. The summed E-state index contributed by atoms with van der Waals surface area (Å²) < 4.78 is 5.70. The van der Waals surface area contributed by atoms with Crippen LogP contribution in [0, 0.1) is 6.92 Å². The third-order valence-corrected chi connectivity index (χ3v) is 3.22. The van der Waals surface area contributed by atoms with E-state index in [0.717, 1.165) is 16.7 Å². The van der Waals surface area contributed by atoms with E-state index in [9.17, 15) is 0 Å². The average Bonchev–Trinajstić information content (AvgIpc) is 2.38. The quantitative estimate of drug-likeness (QED) is 0.869. The fourth-order valence-electron chi connectivity index (χ4n) is 1.70. The van der Waals surface area contributed by atoms with E-state index in [4.69, 9.17) is 34.3 Å². The average molecular weight is 292 g/mol. The number of thiocarbonyl (C=S) groups is 1. The normalized spacial score (nSPS) is 10.2. The van der Waals surface area contributed by atoms with Gasteiger partial charge in [-0.05, 0) is 36.2 Å². The lowest BCUT2D eigenvalue weighted by Crippen LogP contribution is -2.09. The van der Waals surface area contributed by atoms with E-state index in [0.29, 0.717) is 22.4 Å². The van der Waals surface area contributed by atoms with Crippen molar-refractivity contribution in [3.63, 3.8) is 0 Å². The fraction of sp³-hybridized carbons (Fsp3) is 0.133. The Hall–Kier alpha value is -1.58. The van der Waals surface area contributed by atoms with Crippen LogP contribution in [0.25, 0.3) is 0 Å². The van der Waals surface area contributed by atoms with Gasteiger partial charge < -0.3 is 10.5 Å². The molecule has 2 nitrogen and oxygen atoms in total. The van der Waals surface area contributed by atoms with Gasteiger partial charge in [0.2, 0.25) is 0 Å². The van der Waals surface area contributed by atoms with Gasteiger partial charge >= 0.3 is 0 Å². The molecule has 0 aliphatic carbocycles. The van der Waals surface area contributed by atoms with Gasteiger partial charge in [0.15, 0.2) is 0 Å². The lowest BCUT2D eigenvalue weighted by molar-refractivity contribution is 0.306. The van der Waals surface area contributed by atoms with Gasteiger partial charge in [0.25, 0.3) is 0 Å². The van der Waals surface area contributed by atoms with Gasteiger partial charge in [-0.25, -0.2) is 0 Å². The molecule has 0 spiro atoms. The van der Waals surface area contributed by atoms with Crippen molar-refractivity contribution in [2.24, 2.45) is 5.73 Å². The minimum Gasteiger partial charge on any atom is -0.487 e. The summed E-state index contributed by atoms with van der Waals surface area (Å²) >= 11 is 11.1. The van der Waals surface area contributed by atoms with Crippen molar-refractivity contribution in [1.82, 2.24) is 0 Å². The van der Waals surface area contributed by atoms with Crippen molar-refractivity contribution in [1.29, 1.82) is 0 Å². The summed E-state index contributed by atoms with van der Waals surface area (Å²) in [5.41, 5.74) is 8.55. The molecule has 0 aliphatic rings. The molecule has 2 aromatic carbocycles. The molecule has 0 radical (unpaired) electrons. The maximum atomic E-state index is 6.11. The number of hydrogen-bond donors (Lipinski definition) is 1. The van der Waals surface area contributed by atoms with Gasteiger partial charge in [-0.3, -0.25) is 0 Å². The molecule has 4 heteroatoms. The van der Waals surface area contributed by atoms with E-state index in [1.165, 1.54) is 0 Å². The van der Waals surface area contributed by atoms with Gasteiger partial charge in [-0.1, -0.05) is 48.1 Å². The summed E-state index contributed by atoms with van der Waals surface area (Å²) in [6.07, 6.45) is 0. The van der Waals surface area contributed by atoms with Crippen LogP contribution in [0.3, 0.4) is 0 Å². The molecule has 0 atom stereocenters. The molecule has 0 aliphatic heterocycles. The first-order valence-corrected chi connectivity index (χ1v) is 6.62. The largest absolute Gasteiger partial charge is 0.487 e. The number of rotatable bonds is 4. The number of benzene rings is 2. The highest BCUT2D eigenvalue weighted by Crippen LogP contribution is 2.26. The topological polar surface area (TPSA) is 35.2 Å². The van der Waals surface area contributed by atoms with Crippen molar-refractivity contribution >= 4 is 28.8 Å². The summed E-state index contributed by atoms with van der Waals surface area (Å²) in [4.78, 5) is 0.384. The molecule has 0 saturated carbocycles. The molecule has 0 saturated heterocycles. The van der Waals surface area contributed by atoms with Crippen molar-refractivity contribution < 1.29 is 4.74 Å². The van der Waals surface area contributed by atoms with Crippen LogP contribution in [-0.4, -0.2) is 4.99 Å². The molecule has 2 N–H and O–H groups in total. The smallest absolute Gasteiger partial charge is 0.138 e. The molecule has 0 heterocycles. The van der Waals surface area contributed by atoms with Gasteiger partial charge in [-0.15, -0.1) is 0 Å². The third-order valence-electron chi connectivity index (χ3n) is 2.69. The second-order valence-electron chi connectivity index (χ2n) is 4.29. The highest BCUT2D eigenvalue weighted by atomic mass is 35.5. The Morgan fingerprint density at radius 1 is 1.26 bits per heavy atom. The maximum Gasteiger partial charge on any atom is 0.138 e. The van der Waals surface area contributed by atoms with Crippen molar-refractivity contribution in [3.8, 4) is 5.75 Å². The Balaban J connectivity index is 2.10. The van der Waals surface area contributed by atoms with Crippen molar-refractivity contribution in [3.05, 3.63) is 64.2 Å². The first kappa shape index (κ1) is 13.8. The zero-order valence-corrected chi connectivity index (χ0v) is 12.1. The predicted octanol–water partition coefficient (Wildman–Crippen LogP) is 3.86. The minimum absolute atomic E-state index is 0.384. The van der Waals surface area contributed by atoms with E-state index in [1.807, 2.05) is 49.4 Å². The number of ether oxygens (including phenoxy) is 1. The number of halogens is 1. The van der Waals surface area contributed by atoms with E-state index in [2.05, 4.69) is 0 Å². The zero-order valence-electron chi connectivity index (χ0n) is 10.5. The molecular formula is C15H14ClNOS. The fourth-order valence-corrected chi connectivity index (χ4v) is 2.12. The summed E-state index contributed by atoms with van der Waals surface area (Å²) in [6, 6.07) is 13.4. The summed E-state index contributed by atoms with van der Waals surface area (Å²) in [5, 5.41) is 0.616. The summed E-state index contributed by atoms with van der Waals surface area (Å²) in [6.45, 7) is 2.42. The van der Waals surface area contributed by atoms with Crippen LogP contribution >= 0.6 is 23.8 Å². The molecule has 0 unspecified atom stereocenters. The molecule has 2 aromatic rings. The van der Waals surface area contributed by atoms with E-state index in [-0.39, 0.29) is 0 Å². The minimum atomic E-state index is 0.384. The van der Waals surface area contributed by atoms with Gasteiger partial charge in [0.1, 0.15) is 17.3 Å². The van der Waals surface area contributed by atoms with Crippen LogP contribution in [0.2, 0.25) is 5.02 Å². The highest BCUT2D eigenvalue weighted by Gasteiger charge is 2.03.